The van der Waals surface area contributed by atoms with Gasteiger partial charge in [0.05, 0.1) is 0 Å². The molecule has 243 valence electrons. The fourth-order valence-corrected chi connectivity index (χ4v) is 6.29. The molecule has 1 radical (unpaired) electrons. The normalized spacial score (nSPS) is 13.3. The monoisotopic (exact) mass is 814 g/mol. The van der Waals surface area contributed by atoms with E-state index in [4.69, 9.17) is 0 Å². The Morgan fingerprint density at radius 3 is 0.816 bits per heavy atom. The molecule has 3 aliphatic heterocycles. The van der Waals surface area contributed by atoms with Crippen molar-refractivity contribution in [2.75, 3.05) is 14.7 Å². The van der Waals surface area contributed by atoms with E-state index in [1.807, 2.05) is 18.2 Å². The number of benzene rings is 6. The number of rotatable bonds is 3. The molecule has 6 aromatic carbocycles. The third kappa shape index (κ3) is 8.01. The van der Waals surface area contributed by atoms with Crippen LogP contribution in [0.4, 0.5) is 34.1 Å². The summed E-state index contributed by atoms with van der Waals surface area (Å²) in [5, 5.41) is 0. The van der Waals surface area contributed by atoms with Crippen molar-refractivity contribution in [3.63, 3.8) is 0 Å². The van der Waals surface area contributed by atoms with Crippen LogP contribution < -0.4 is 14.7 Å². The zero-order valence-electron chi connectivity index (χ0n) is 27.3. The van der Waals surface area contributed by atoms with Gasteiger partial charge in [0.15, 0.2) is 0 Å². The number of anilines is 6. The minimum Gasteiger partial charge on any atom is -0.317 e. The Kier molecular flexibility index (Phi) is 11.4. The van der Waals surface area contributed by atoms with Crippen molar-refractivity contribution in [2.45, 2.75) is 19.3 Å². The second-order valence-electron chi connectivity index (χ2n) is 11.8. The molecule has 0 saturated heterocycles. The summed E-state index contributed by atoms with van der Waals surface area (Å²) in [5.74, 6) is 0. The molecule has 0 unspecified atom stereocenters. The summed E-state index contributed by atoms with van der Waals surface area (Å²) in [6.45, 7) is 0. The zero-order valence-corrected chi connectivity index (χ0v) is 29.7. The van der Waals surface area contributed by atoms with Crippen LogP contribution in [0, 0.1) is 0 Å². The first-order valence-corrected chi connectivity index (χ1v) is 16.6. The van der Waals surface area contributed by atoms with Gasteiger partial charge in [-0.3, -0.25) is 0 Å². The first-order chi connectivity index (χ1) is 23.8. The molecule has 3 aliphatic rings. The number of hydrogen-bond donors (Lipinski definition) is 0. The standard InChI is InChI=1S/3C15H13N.Ir/c3*1-2-9-14(10-3-1)16-12-6-8-13-7-4-5-11-15(13)16;/h3*1-7,9-12H,8H2;. The SMILES string of the molecule is C1=CN(c2ccccc2)c2ccccc2C1.C1=CN(c2ccccc2)c2ccccc2C1.C1=CN(c2ccccc2)c2ccccc2C1.[Ir]. The first kappa shape index (κ1) is 33.5. The molecule has 6 aromatic rings. The Balaban J connectivity index is 0.000000126. The molecule has 0 atom stereocenters. The molecule has 0 aromatic heterocycles. The van der Waals surface area contributed by atoms with Gasteiger partial charge in [0, 0.05) is 72.8 Å². The smallest absolute Gasteiger partial charge is 0.0490 e. The summed E-state index contributed by atoms with van der Waals surface area (Å²) in [7, 11) is 0. The largest absolute Gasteiger partial charge is 0.317 e. The molecular formula is C45H39IrN3. The molecule has 49 heavy (non-hydrogen) atoms. The van der Waals surface area contributed by atoms with E-state index in [-0.39, 0.29) is 20.1 Å². The second kappa shape index (κ2) is 16.6. The fourth-order valence-electron chi connectivity index (χ4n) is 6.29. The number of allylic oxidation sites excluding steroid dienone is 3. The Labute approximate surface area is 304 Å². The van der Waals surface area contributed by atoms with Gasteiger partial charge in [0.25, 0.3) is 0 Å². The van der Waals surface area contributed by atoms with E-state index < -0.39 is 0 Å². The summed E-state index contributed by atoms with van der Waals surface area (Å²) < 4.78 is 0. The van der Waals surface area contributed by atoms with Crippen LogP contribution in [0.1, 0.15) is 16.7 Å². The molecule has 0 aliphatic carbocycles. The molecule has 9 rings (SSSR count). The van der Waals surface area contributed by atoms with Crippen LogP contribution in [0.3, 0.4) is 0 Å². The van der Waals surface area contributed by atoms with E-state index in [1.165, 1.54) is 50.8 Å². The van der Waals surface area contributed by atoms with Gasteiger partial charge in [0.1, 0.15) is 0 Å². The Morgan fingerprint density at radius 2 is 0.531 bits per heavy atom. The van der Waals surface area contributed by atoms with Crippen LogP contribution in [0.25, 0.3) is 0 Å². The quantitative estimate of drug-likeness (QED) is 0.176. The number of nitrogens with zero attached hydrogens (tertiary/aromatic N) is 3. The van der Waals surface area contributed by atoms with E-state index in [2.05, 4.69) is 197 Å². The maximum Gasteiger partial charge on any atom is 0.0490 e. The van der Waals surface area contributed by atoms with Crippen molar-refractivity contribution in [2.24, 2.45) is 0 Å². The van der Waals surface area contributed by atoms with Crippen LogP contribution in [0.15, 0.2) is 201 Å². The van der Waals surface area contributed by atoms with Crippen molar-refractivity contribution in [1.29, 1.82) is 0 Å². The van der Waals surface area contributed by atoms with Crippen LogP contribution in [-0.4, -0.2) is 0 Å². The van der Waals surface area contributed by atoms with Gasteiger partial charge in [-0.1, -0.05) is 127 Å². The molecule has 3 nitrogen and oxygen atoms in total. The van der Waals surface area contributed by atoms with Gasteiger partial charge in [-0.15, -0.1) is 0 Å². The van der Waals surface area contributed by atoms with Crippen LogP contribution in [0.2, 0.25) is 0 Å². The second-order valence-corrected chi connectivity index (χ2v) is 11.8. The van der Waals surface area contributed by atoms with Crippen molar-refractivity contribution in [3.05, 3.63) is 217 Å². The predicted molar refractivity (Wildman–Crippen MR) is 204 cm³/mol. The predicted octanol–water partition coefficient (Wildman–Crippen LogP) is 11.7. The number of hydrogen-bond acceptors (Lipinski definition) is 3. The zero-order chi connectivity index (χ0) is 32.4. The molecule has 3 heterocycles. The van der Waals surface area contributed by atoms with Crippen molar-refractivity contribution >= 4 is 34.1 Å². The van der Waals surface area contributed by atoms with Crippen LogP contribution in [-0.2, 0) is 39.4 Å². The molecule has 0 spiro atoms. The van der Waals surface area contributed by atoms with Gasteiger partial charge in [-0.25, -0.2) is 0 Å². The Hall–Kier alpha value is -5.41. The van der Waals surface area contributed by atoms with Crippen LogP contribution >= 0.6 is 0 Å². The number of para-hydroxylation sites is 6. The van der Waals surface area contributed by atoms with Gasteiger partial charge < -0.3 is 14.7 Å². The van der Waals surface area contributed by atoms with Gasteiger partial charge in [0.2, 0.25) is 0 Å². The maximum absolute atomic E-state index is 2.23. The van der Waals surface area contributed by atoms with E-state index in [1.54, 1.807) is 0 Å². The molecule has 0 fully saturated rings. The van der Waals surface area contributed by atoms with E-state index in [0.717, 1.165) is 19.3 Å². The van der Waals surface area contributed by atoms with Crippen LogP contribution in [0.5, 0.6) is 0 Å². The van der Waals surface area contributed by atoms with Crippen molar-refractivity contribution in [1.82, 2.24) is 0 Å². The third-order valence-corrected chi connectivity index (χ3v) is 8.63. The molecule has 4 heteroatoms. The molecule has 0 saturated carbocycles. The third-order valence-electron chi connectivity index (χ3n) is 8.63. The van der Waals surface area contributed by atoms with E-state index in [0.29, 0.717) is 0 Å². The minimum atomic E-state index is 0. The Morgan fingerprint density at radius 1 is 0.286 bits per heavy atom. The summed E-state index contributed by atoms with van der Waals surface area (Å²) in [5.41, 5.74) is 11.7. The molecule has 0 amide bonds. The molecule has 0 bridgehead atoms. The summed E-state index contributed by atoms with van der Waals surface area (Å²) in [4.78, 5) is 6.70. The van der Waals surface area contributed by atoms with E-state index in [9.17, 15) is 0 Å². The average molecular weight is 814 g/mol. The van der Waals surface area contributed by atoms with Crippen molar-refractivity contribution < 1.29 is 20.1 Å². The van der Waals surface area contributed by atoms with E-state index >= 15 is 0 Å². The summed E-state index contributed by atoms with van der Waals surface area (Å²) >= 11 is 0. The summed E-state index contributed by atoms with van der Waals surface area (Å²) in [6.07, 6.45) is 16.1. The topological polar surface area (TPSA) is 9.72 Å². The van der Waals surface area contributed by atoms with Gasteiger partial charge in [-0.2, -0.15) is 0 Å². The minimum absolute atomic E-state index is 0. The molecular weight excluding hydrogens is 775 g/mol. The molecule has 0 N–H and O–H groups in total. The first-order valence-electron chi connectivity index (χ1n) is 16.6. The van der Waals surface area contributed by atoms with Crippen molar-refractivity contribution in [3.8, 4) is 0 Å². The summed E-state index contributed by atoms with van der Waals surface area (Å²) in [6, 6.07) is 57.0. The average Bonchev–Trinajstić information content (AvgIpc) is 3.19. The van der Waals surface area contributed by atoms with Gasteiger partial charge in [-0.05, 0) is 90.6 Å². The van der Waals surface area contributed by atoms with Gasteiger partial charge >= 0.3 is 0 Å². The maximum atomic E-state index is 2.23. The fraction of sp³-hybridized carbons (Fsp3) is 0.0667. The number of fused-ring (bicyclic) bond motifs is 3. The Bertz CT molecular complexity index is 1780.